The Morgan fingerprint density at radius 3 is 2.53 bits per heavy atom. The number of nitrogens with zero attached hydrogens (tertiary/aromatic N) is 3. The van der Waals surface area contributed by atoms with Gasteiger partial charge in [0.25, 0.3) is 5.91 Å². The van der Waals surface area contributed by atoms with E-state index in [2.05, 4.69) is 25.9 Å². The summed E-state index contributed by atoms with van der Waals surface area (Å²) in [6, 6.07) is 0.141. The molecule has 104 valence electrons. The predicted molar refractivity (Wildman–Crippen MR) is 69.6 cm³/mol. The number of ether oxygens (including phenoxy) is 3. The lowest BCUT2D eigenvalue weighted by Crippen LogP contribution is -2.41. The monoisotopic (exact) mass is 331 g/mol. The number of hydrogen-bond acceptors (Lipinski definition) is 6. The van der Waals surface area contributed by atoms with Crippen LogP contribution in [0.2, 0.25) is 0 Å². The van der Waals surface area contributed by atoms with Crippen molar-refractivity contribution in [3.05, 3.63) is 10.2 Å². The van der Waals surface area contributed by atoms with Crippen LogP contribution in [0, 0.1) is 0 Å². The topological polar surface area (TPSA) is 73.8 Å². The van der Waals surface area contributed by atoms with Crippen LogP contribution in [0.25, 0.3) is 0 Å². The van der Waals surface area contributed by atoms with Crippen molar-refractivity contribution in [3.63, 3.8) is 0 Å². The van der Waals surface area contributed by atoms with Crippen LogP contribution in [0.4, 0.5) is 0 Å². The minimum Gasteiger partial charge on any atom is -0.480 e. The minimum atomic E-state index is -0.185. The van der Waals surface area contributed by atoms with E-state index in [-0.39, 0.29) is 17.8 Å². The molecule has 1 fully saturated rings. The van der Waals surface area contributed by atoms with Crippen molar-refractivity contribution >= 4 is 21.8 Å². The fraction of sp³-hybridized carbons (Fsp3) is 0.545. The third kappa shape index (κ3) is 2.95. The molecule has 2 heterocycles. The molecule has 1 aromatic rings. The number of morpholine rings is 1. The minimum absolute atomic E-state index is 0.141. The zero-order valence-corrected chi connectivity index (χ0v) is 12.3. The van der Waals surface area contributed by atoms with Crippen LogP contribution in [-0.2, 0) is 4.74 Å². The van der Waals surface area contributed by atoms with Crippen molar-refractivity contribution in [2.45, 2.75) is 0 Å². The average molecular weight is 332 g/mol. The number of halogens is 1. The summed E-state index contributed by atoms with van der Waals surface area (Å²) in [5.41, 5.74) is 0.296. The van der Waals surface area contributed by atoms with Crippen LogP contribution in [0.5, 0.6) is 11.9 Å². The zero-order chi connectivity index (χ0) is 13.8. The number of carbonyl (C=O) groups is 1. The first kappa shape index (κ1) is 14.0. The first-order chi connectivity index (χ1) is 9.17. The van der Waals surface area contributed by atoms with Crippen molar-refractivity contribution in [1.82, 2.24) is 14.9 Å². The van der Waals surface area contributed by atoms with Crippen molar-refractivity contribution < 1.29 is 19.0 Å². The molecule has 7 nitrogen and oxygen atoms in total. The molecule has 0 saturated carbocycles. The first-order valence-electron chi connectivity index (χ1n) is 5.70. The summed E-state index contributed by atoms with van der Waals surface area (Å²) in [4.78, 5) is 22.2. The maximum Gasteiger partial charge on any atom is 0.320 e. The molecule has 1 saturated heterocycles. The Morgan fingerprint density at radius 1 is 1.26 bits per heavy atom. The van der Waals surface area contributed by atoms with E-state index < -0.39 is 0 Å². The Bertz CT molecular complexity index is 477. The molecule has 0 radical (unpaired) electrons. The van der Waals surface area contributed by atoms with Gasteiger partial charge < -0.3 is 19.1 Å². The van der Waals surface area contributed by atoms with Gasteiger partial charge in [-0.15, -0.1) is 0 Å². The third-order valence-electron chi connectivity index (χ3n) is 2.70. The SMILES string of the molecule is COc1nc(Br)c(C(=O)N2CCOCC2)c(OC)n1. The summed E-state index contributed by atoms with van der Waals surface area (Å²) in [7, 11) is 2.90. The van der Waals surface area contributed by atoms with Crippen LogP contribution in [0.15, 0.2) is 4.60 Å². The molecule has 0 atom stereocenters. The van der Waals surface area contributed by atoms with Crippen molar-refractivity contribution in [1.29, 1.82) is 0 Å². The zero-order valence-electron chi connectivity index (χ0n) is 10.7. The number of hydrogen-bond donors (Lipinski definition) is 0. The number of aromatic nitrogens is 2. The summed E-state index contributed by atoms with van der Waals surface area (Å²) in [5.74, 6) is 0.00453. The van der Waals surface area contributed by atoms with Gasteiger partial charge >= 0.3 is 6.01 Å². The van der Waals surface area contributed by atoms with Gasteiger partial charge in [0.05, 0.1) is 27.4 Å². The molecule has 1 aliphatic heterocycles. The van der Waals surface area contributed by atoms with Gasteiger partial charge in [-0.3, -0.25) is 4.79 Å². The van der Waals surface area contributed by atoms with Gasteiger partial charge in [0.15, 0.2) is 0 Å². The Hall–Kier alpha value is -1.41. The van der Waals surface area contributed by atoms with Gasteiger partial charge in [0.1, 0.15) is 10.2 Å². The number of carbonyl (C=O) groups excluding carboxylic acids is 1. The second kappa shape index (κ2) is 6.16. The maximum atomic E-state index is 12.4. The summed E-state index contributed by atoms with van der Waals surface area (Å²) >= 11 is 3.26. The van der Waals surface area contributed by atoms with Crippen LogP contribution >= 0.6 is 15.9 Å². The highest BCUT2D eigenvalue weighted by Crippen LogP contribution is 2.27. The van der Waals surface area contributed by atoms with E-state index in [9.17, 15) is 4.79 Å². The van der Waals surface area contributed by atoms with Gasteiger partial charge in [0, 0.05) is 13.1 Å². The van der Waals surface area contributed by atoms with E-state index in [1.807, 2.05) is 0 Å². The molecule has 0 unspecified atom stereocenters. The molecule has 0 spiro atoms. The standard InChI is InChI=1S/C11H14BrN3O4/c1-17-9-7(8(12)13-11(14-9)18-2)10(16)15-3-5-19-6-4-15/h3-6H2,1-2H3. The largest absolute Gasteiger partial charge is 0.480 e. The summed E-state index contributed by atoms with van der Waals surface area (Å²) in [6.45, 7) is 2.15. The lowest BCUT2D eigenvalue weighted by molar-refractivity contribution is 0.0299. The second-order valence-electron chi connectivity index (χ2n) is 3.79. The molecule has 0 N–H and O–H groups in total. The Morgan fingerprint density at radius 2 is 1.95 bits per heavy atom. The number of rotatable bonds is 3. The van der Waals surface area contributed by atoms with Gasteiger partial charge in [-0.05, 0) is 15.9 Å². The van der Waals surface area contributed by atoms with Gasteiger partial charge in [-0.25, -0.2) is 0 Å². The van der Waals surface area contributed by atoms with Crippen molar-refractivity contribution in [3.8, 4) is 11.9 Å². The van der Waals surface area contributed by atoms with Gasteiger partial charge in [0.2, 0.25) is 5.88 Å². The van der Waals surface area contributed by atoms with E-state index in [0.29, 0.717) is 36.5 Å². The van der Waals surface area contributed by atoms with Crippen LogP contribution < -0.4 is 9.47 Å². The maximum absolute atomic E-state index is 12.4. The number of methoxy groups -OCH3 is 2. The van der Waals surface area contributed by atoms with E-state index in [0.717, 1.165) is 0 Å². The van der Waals surface area contributed by atoms with Gasteiger partial charge in [-0.1, -0.05) is 0 Å². The van der Waals surface area contributed by atoms with E-state index in [4.69, 9.17) is 14.2 Å². The molecule has 8 heteroatoms. The highest BCUT2D eigenvalue weighted by atomic mass is 79.9. The Kier molecular flexibility index (Phi) is 4.54. The quantitative estimate of drug-likeness (QED) is 0.760. The molecular formula is C11H14BrN3O4. The lowest BCUT2D eigenvalue weighted by atomic mass is 10.2. The molecular weight excluding hydrogens is 318 g/mol. The van der Waals surface area contributed by atoms with Crippen LogP contribution in [0.3, 0.4) is 0 Å². The van der Waals surface area contributed by atoms with Gasteiger partial charge in [-0.2, -0.15) is 9.97 Å². The predicted octanol–water partition coefficient (Wildman–Crippen LogP) is 0.729. The normalized spacial score (nSPS) is 15.2. The lowest BCUT2D eigenvalue weighted by Gasteiger charge is -2.27. The fourth-order valence-electron chi connectivity index (χ4n) is 1.74. The summed E-state index contributed by atoms with van der Waals surface area (Å²) in [5, 5.41) is 0. The Balaban J connectivity index is 2.34. The van der Waals surface area contributed by atoms with E-state index >= 15 is 0 Å². The molecule has 0 aliphatic carbocycles. The van der Waals surface area contributed by atoms with Crippen molar-refractivity contribution in [2.75, 3.05) is 40.5 Å². The van der Waals surface area contributed by atoms with Crippen LogP contribution in [-0.4, -0.2) is 61.3 Å². The molecule has 19 heavy (non-hydrogen) atoms. The number of amides is 1. The average Bonchev–Trinajstić information content (AvgIpc) is 2.46. The molecule has 0 bridgehead atoms. The van der Waals surface area contributed by atoms with Crippen molar-refractivity contribution in [2.24, 2.45) is 0 Å². The van der Waals surface area contributed by atoms with E-state index in [1.54, 1.807) is 4.90 Å². The fourth-order valence-corrected chi connectivity index (χ4v) is 2.23. The summed E-state index contributed by atoms with van der Waals surface area (Å²) in [6.07, 6.45) is 0. The molecule has 2 rings (SSSR count). The second-order valence-corrected chi connectivity index (χ2v) is 4.54. The Labute approximate surface area is 119 Å². The highest BCUT2D eigenvalue weighted by Gasteiger charge is 2.26. The van der Waals surface area contributed by atoms with E-state index in [1.165, 1.54) is 14.2 Å². The molecule has 1 aromatic heterocycles. The molecule has 1 aliphatic rings. The molecule has 0 aromatic carbocycles. The van der Waals surface area contributed by atoms with Crippen LogP contribution in [0.1, 0.15) is 10.4 Å². The smallest absolute Gasteiger partial charge is 0.320 e. The summed E-state index contributed by atoms with van der Waals surface area (Å²) < 4.78 is 15.7. The molecule has 1 amide bonds. The third-order valence-corrected chi connectivity index (χ3v) is 3.27. The highest BCUT2D eigenvalue weighted by molar-refractivity contribution is 9.10. The first-order valence-corrected chi connectivity index (χ1v) is 6.49.